The summed E-state index contributed by atoms with van der Waals surface area (Å²) in [5.41, 5.74) is 0. The molecule has 0 saturated carbocycles. The predicted octanol–water partition coefficient (Wildman–Crippen LogP) is 1.62. The maximum absolute atomic E-state index is 11.7. The molecule has 4 unspecified atom stereocenters. The second-order valence-electron chi connectivity index (χ2n) is 4.45. The largest absolute Gasteiger partial charge is 0.467 e. The van der Waals surface area contributed by atoms with Gasteiger partial charge in [0.1, 0.15) is 0 Å². The summed E-state index contributed by atoms with van der Waals surface area (Å²) in [4.78, 5) is 23.4. The van der Waals surface area contributed by atoms with E-state index in [1.807, 2.05) is 12.1 Å². The van der Waals surface area contributed by atoms with E-state index in [1.54, 1.807) is 13.8 Å². The molecule has 0 aliphatic heterocycles. The summed E-state index contributed by atoms with van der Waals surface area (Å²) in [5.74, 6) is -2.88. The van der Waals surface area contributed by atoms with Gasteiger partial charge in [0.15, 0.2) is 12.1 Å². The number of ether oxygens (including phenoxy) is 2. The Hall–Kier alpha value is -2.48. The molecule has 0 saturated heterocycles. The van der Waals surface area contributed by atoms with E-state index in [0.29, 0.717) is 12.8 Å². The van der Waals surface area contributed by atoms with Crippen LogP contribution in [0.1, 0.15) is 26.7 Å². The Morgan fingerprint density at radius 1 is 0.909 bits per heavy atom. The minimum atomic E-state index is -1.14. The van der Waals surface area contributed by atoms with Gasteiger partial charge in [-0.15, -0.1) is 0 Å². The number of nitriles is 2. The first kappa shape index (κ1) is 19.5. The van der Waals surface area contributed by atoms with E-state index >= 15 is 0 Å². The van der Waals surface area contributed by atoms with Crippen LogP contribution in [0.15, 0.2) is 10.2 Å². The van der Waals surface area contributed by atoms with Gasteiger partial charge in [-0.2, -0.15) is 20.8 Å². The lowest BCUT2D eigenvalue weighted by molar-refractivity contribution is -0.145. The van der Waals surface area contributed by atoms with Crippen molar-refractivity contribution in [3.63, 3.8) is 0 Å². The molecule has 0 bridgehead atoms. The lowest BCUT2D eigenvalue weighted by atomic mass is 9.98. The summed E-state index contributed by atoms with van der Waals surface area (Å²) >= 11 is 0. The molecule has 0 aromatic heterocycles. The van der Waals surface area contributed by atoms with Crippen molar-refractivity contribution >= 4 is 11.9 Å². The Morgan fingerprint density at radius 3 is 1.41 bits per heavy atom. The van der Waals surface area contributed by atoms with Gasteiger partial charge in [-0.3, -0.25) is 0 Å². The van der Waals surface area contributed by atoms with E-state index in [4.69, 9.17) is 10.5 Å². The molecule has 0 radical (unpaired) electrons. The van der Waals surface area contributed by atoms with Crippen LogP contribution in [-0.4, -0.2) is 38.2 Å². The second kappa shape index (κ2) is 10.3. The van der Waals surface area contributed by atoms with Gasteiger partial charge < -0.3 is 9.47 Å². The Kier molecular flexibility index (Phi) is 9.12. The van der Waals surface area contributed by atoms with E-state index in [9.17, 15) is 9.59 Å². The fourth-order valence-electron chi connectivity index (χ4n) is 1.74. The molecule has 120 valence electrons. The average molecular weight is 308 g/mol. The molecule has 0 heterocycles. The van der Waals surface area contributed by atoms with Gasteiger partial charge in [0.05, 0.1) is 38.2 Å². The lowest BCUT2D eigenvalue weighted by Crippen LogP contribution is -2.31. The van der Waals surface area contributed by atoms with Crippen LogP contribution >= 0.6 is 0 Å². The predicted molar refractivity (Wildman–Crippen MR) is 75.3 cm³/mol. The fourth-order valence-corrected chi connectivity index (χ4v) is 1.74. The van der Waals surface area contributed by atoms with Crippen molar-refractivity contribution in [2.75, 3.05) is 14.2 Å². The van der Waals surface area contributed by atoms with Crippen LogP contribution in [0.5, 0.6) is 0 Å². The minimum absolute atomic E-state index is 0.369. The number of hydrogen-bond acceptors (Lipinski definition) is 8. The van der Waals surface area contributed by atoms with Crippen LogP contribution in [-0.2, 0) is 19.1 Å². The highest BCUT2D eigenvalue weighted by molar-refractivity contribution is 5.77. The molecule has 8 heteroatoms. The van der Waals surface area contributed by atoms with Crippen molar-refractivity contribution in [2.24, 2.45) is 22.1 Å². The highest BCUT2D eigenvalue weighted by Gasteiger charge is 2.32. The molecule has 0 spiro atoms. The minimum Gasteiger partial charge on any atom is -0.467 e. The van der Waals surface area contributed by atoms with Crippen molar-refractivity contribution in [3.8, 4) is 12.1 Å². The zero-order valence-electron chi connectivity index (χ0n) is 13.1. The van der Waals surface area contributed by atoms with Gasteiger partial charge in [-0.05, 0) is 12.8 Å². The quantitative estimate of drug-likeness (QED) is 0.495. The Morgan fingerprint density at radius 2 is 1.23 bits per heavy atom. The Labute approximate surface area is 129 Å². The van der Waals surface area contributed by atoms with Gasteiger partial charge >= 0.3 is 11.9 Å². The third-order valence-corrected chi connectivity index (χ3v) is 3.17. The second-order valence-corrected chi connectivity index (χ2v) is 4.45. The first-order valence-electron chi connectivity index (χ1n) is 6.85. The Balaban J connectivity index is 5.48. The SMILES string of the molecule is CCC(C#N)C(N=NC(C(=O)OC)C(C#N)CC)C(=O)OC. The Bertz CT molecular complexity index is 448. The maximum atomic E-state index is 11.7. The van der Waals surface area contributed by atoms with Gasteiger partial charge in [0.2, 0.25) is 0 Å². The van der Waals surface area contributed by atoms with Crippen molar-refractivity contribution in [3.05, 3.63) is 0 Å². The summed E-state index contributed by atoms with van der Waals surface area (Å²) in [5, 5.41) is 25.7. The molecule has 0 aromatic carbocycles. The van der Waals surface area contributed by atoms with Gasteiger partial charge in [0.25, 0.3) is 0 Å². The van der Waals surface area contributed by atoms with E-state index in [0.717, 1.165) is 0 Å². The lowest BCUT2D eigenvalue weighted by Gasteiger charge is -2.16. The van der Waals surface area contributed by atoms with Crippen LogP contribution in [0.25, 0.3) is 0 Å². The molecular weight excluding hydrogens is 288 g/mol. The molecular formula is C14H20N4O4. The number of azo groups is 1. The van der Waals surface area contributed by atoms with Gasteiger partial charge in [-0.25, -0.2) is 9.59 Å². The molecule has 22 heavy (non-hydrogen) atoms. The van der Waals surface area contributed by atoms with Crippen LogP contribution in [0.3, 0.4) is 0 Å². The van der Waals surface area contributed by atoms with E-state index in [1.165, 1.54) is 14.2 Å². The molecule has 8 nitrogen and oxygen atoms in total. The number of carbonyl (C=O) groups is 2. The van der Waals surface area contributed by atoms with E-state index < -0.39 is 35.9 Å². The molecule has 0 aliphatic rings. The highest BCUT2D eigenvalue weighted by atomic mass is 16.5. The average Bonchev–Trinajstić information content (AvgIpc) is 2.56. The van der Waals surface area contributed by atoms with Crippen molar-refractivity contribution in [2.45, 2.75) is 38.8 Å². The number of hydrogen-bond donors (Lipinski definition) is 0. The molecule has 0 aromatic rings. The summed E-state index contributed by atoms with van der Waals surface area (Å²) in [7, 11) is 2.35. The first-order valence-corrected chi connectivity index (χ1v) is 6.85. The van der Waals surface area contributed by atoms with Crippen molar-refractivity contribution in [1.29, 1.82) is 10.5 Å². The summed E-state index contributed by atoms with van der Waals surface area (Å²) < 4.78 is 9.21. The van der Waals surface area contributed by atoms with E-state index in [2.05, 4.69) is 19.7 Å². The molecule has 0 fully saturated rings. The van der Waals surface area contributed by atoms with Crippen LogP contribution < -0.4 is 0 Å². The van der Waals surface area contributed by atoms with Crippen LogP contribution in [0.2, 0.25) is 0 Å². The topological polar surface area (TPSA) is 125 Å². The number of nitrogens with zero attached hydrogens (tertiary/aromatic N) is 4. The monoisotopic (exact) mass is 308 g/mol. The smallest absolute Gasteiger partial charge is 0.333 e. The highest BCUT2D eigenvalue weighted by Crippen LogP contribution is 2.18. The molecule has 0 rings (SSSR count). The molecule has 0 amide bonds. The van der Waals surface area contributed by atoms with Crippen molar-refractivity contribution < 1.29 is 19.1 Å². The zero-order chi connectivity index (χ0) is 17.1. The number of esters is 2. The zero-order valence-corrected chi connectivity index (χ0v) is 13.1. The van der Waals surface area contributed by atoms with Gasteiger partial charge in [-0.1, -0.05) is 13.8 Å². The molecule has 0 aliphatic carbocycles. The summed E-state index contributed by atoms with van der Waals surface area (Å²) in [6.07, 6.45) is 0.737. The third kappa shape index (κ3) is 5.13. The summed E-state index contributed by atoms with van der Waals surface area (Å²) in [6, 6.07) is 1.64. The first-order chi connectivity index (χ1) is 10.5. The third-order valence-electron chi connectivity index (χ3n) is 3.17. The standard InChI is InChI=1S/C14H20N4O4/c1-5-9(7-15)11(13(19)21-3)17-18-12(14(20)22-4)10(6-2)8-16/h9-12H,5-6H2,1-4H3. The maximum Gasteiger partial charge on any atom is 0.333 e. The number of carbonyl (C=O) groups excluding carboxylic acids is 2. The van der Waals surface area contributed by atoms with Crippen LogP contribution in [0, 0.1) is 34.5 Å². The number of methoxy groups -OCH3 is 2. The van der Waals surface area contributed by atoms with E-state index in [-0.39, 0.29) is 0 Å². The summed E-state index contributed by atoms with van der Waals surface area (Å²) in [6.45, 7) is 3.45. The normalized spacial score (nSPS) is 15.9. The molecule has 0 N–H and O–H groups in total. The molecule has 4 atom stereocenters. The van der Waals surface area contributed by atoms with Crippen molar-refractivity contribution in [1.82, 2.24) is 0 Å². The fraction of sp³-hybridized carbons (Fsp3) is 0.714. The number of rotatable bonds is 8. The van der Waals surface area contributed by atoms with Crippen LogP contribution in [0.4, 0.5) is 0 Å². The van der Waals surface area contributed by atoms with Gasteiger partial charge in [0, 0.05) is 0 Å².